The molecule has 24 heavy (non-hydrogen) atoms. The number of aliphatic hydroxyl groups excluding tert-OH is 1. The average Bonchev–Trinajstić information content (AvgIpc) is 3.07. The van der Waals surface area contributed by atoms with Gasteiger partial charge >= 0.3 is 6.18 Å². The quantitative estimate of drug-likeness (QED) is 0.797. The van der Waals surface area contributed by atoms with Crippen LogP contribution < -0.4 is 5.32 Å². The molecule has 8 heteroatoms. The molecule has 1 amide bonds. The van der Waals surface area contributed by atoms with Crippen molar-refractivity contribution in [2.75, 3.05) is 13.2 Å². The molecule has 130 valence electrons. The van der Waals surface area contributed by atoms with E-state index in [-0.39, 0.29) is 18.1 Å². The third-order valence-corrected chi connectivity index (χ3v) is 4.29. The third kappa shape index (κ3) is 5.04. The minimum atomic E-state index is -4.52. The zero-order valence-corrected chi connectivity index (χ0v) is 13.5. The van der Waals surface area contributed by atoms with Crippen LogP contribution >= 0.6 is 11.3 Å². The number of nitrogens with zero attached hydrogens (tertiary/aromatic N) is 1. The highest BCUT2D eigenvalue weighted by Gasteiger charge is 2.32. The number of aliphatic hydroxyl groups is 1. The van der Waals surface area contributed by atoms with Crippen molar-refractivity contribution in [1.29, 1.82) is 0 Å². The maximum Gasteiger partial charge on any atom is 0.433 e. The van der Waals surface area contributed by atoms with Crippen LogP contribution in [-0.4, -0.2) is 29.1 Å². The zero-order chi connectivity index (χ0) is 17.6. The molecule has 0 bridgehead atoms. The monoisotopic (exact) mass is 358 g/mol. The molecule has 0 saturated heterocycles. The summed E-state index contributed by atoms with van der Waals surface area (Å²) in [5, 5.41) is 15.8. The van der Waals surface area contributed by atoms with Gasteiger partial charge in [0.05, 0.1) is 5.56 Å². The largest absolute Gasteiger partial charge is 0.433 e. The van der Waals surface area contributed by atoms with Gasteiger partial charge in [-0.25, -0.2) is 0 Å². The first kappa shape index (κ1) is 18.4. The number of hydrogen-bond donors (Lipinski definition) is 2. The number of aromatic nitrogens is 1. The van der Waals surface area contributed by atoms with E-state index in [0.717, 1.165) is 23.9 Å². The fourth-order valence-corrected chi connectivity index (χ4v) is 3.04. The summed E-state index contributed by atoms with van der Waals surface area (Å²) in [6.45, 7) is 0.414. The second-order valence-electron chi connectivity index (χ2n) is 5.24. The Morgan fingerprint density at radius 2 is 2.08 bits per heavy atom. The Bertz CT molecular complexity index is 642. The highest BCUT2D eigenvalue weighted by Crippen LogP contribution is 2.27. The molecule has 0 unspecified atom stereocenters. The van der Waals surface area contributed by atoms with Crippen molar-refractivity contribution in [3.05, 3.63) is 52.0 Å². The van der Waals surface area contributed by atoms with Gasteiger partial charge in [0.25, 0.3) is 5.91 Å². The molecule has 2 rings (SSSR count). The van der Waals surface area contributed by atoms with Crippen LogP contribution in [-0.2, 0) is 6.18 Å². The Hall–Kier alpha value is -1.93. The van der Waals surface area contributed by atoms with Gasteiger partial charge in [0.1, 0.15) is 5.69 Å². The lowest BCUT2D eigenvalue weighted by Crippen LogP contribution is -2.26. The Kier molecular flexibility index (Phi) is 6.33. The summed E-state index contributed by atoms with van der Waals surface area (Å²) in [5.41, 5.74) is 0.163. The molecule has 0 fully saturated rings. The van der Waals surface area contributed by atoms with Crippen LogP contribution in [0.15, 0.2) is 35.2 Å². The van der Waals surface area contributed by atoms with E-state index in [9.17, 15) is 18.0 Å². The number of carbonyl (C=O) groups excluding carboxylic acids is 1. The SMILES string of the molecule is O=C(NCC[C@@H](CCO)c1ccsc1)c1ccc(C(F)(F)F)nc1. The van der Waals surface area contributed by atoms with E-state index in [2.05, 4.69) is 10.3 Å². The van der Waals surface area contributed by atoms with E-state index in [0.29, 0.717) is 19.4 Å². The van der Waals surface area contributed by atoms with E-state index in [1.54, 1.807) is 11.3 Å². The number of carbonyl (C=O) groups is 1. The molecule has 0 aliphatic heterocycles. The number of alkyl halides is 3. The number of pyridine rings is 1. The van der Waals surface area contributed by atoms with Gasteiger partial charge in [-0.3, -0.25) is 9.78 Å². The van der Waals surface area contributed by atoms with Crippen molar-refractivity contribution < 1.29 is 23.1 Å². The summed E-state index contributed by atoms with van der Waals surface area (Å²) in [7, 11) is 0. The number of halogens is 3. The fraction of sp³-hybridized carbons (Fsp3) is 0.375. The minimum Gasteiger partial charge on any atom is -0.396 e. The molecule has 0 saturated carbocycles. The van der Waals surface area contributed by atoms with Crippen LogP contribution in [0.25, 0.3) is 0 Å². The number of nitrogens with one attached hydrogen (secondary N) is 1. The van der Waals surface area contributed by atoms with Crippen molar-refractivity contribution >= 4 is 17.2 Å². The smallest absolute Gasteiger partial charge is 0.396 e. The highest BCUT2D eigenvalue weighted by atomic mass is 32.1. The van der Waals surface area contributed by atoms with Crippen molar-refractivity contribution in [3.63, 3.8) is 0 Å². The summed E-state index contributed by atoms with van der Waals surface area (Å²) < 4.78 is 37.3. The molecule has 2 heterocycles. The minimum absolute atomic E-state index is 0.0529. The number of thiophene rings is 1. The summed E-state index contributed by atoms with van der Waals surface area (Å²) in [5.74, 6) is -0.337. The van der Waals surface area contributed by atoms with Crippen LogP contribution in [0.3, 0.4) is 0 Å². The summed E-state index contributed by atoms with van der Waals surface area (Å²) >= 11 is 1.56. The molecule has 2 aromatic rings. The van der Waals surface area contributed by atoms with Gasteiger partial charge < -0.3 is 10.4 Å². The van der Waals surface area contributed by atoms with E-state index < -0.39 is 17.8 Å². The van der Waals surface area contributed by atoms with Crippen LogP contribution in [0.2, 0.25) is 0 Å². The molecule has 2 aromatic heterocycles. The summed E-state index contributed by atoms with van der Waals surface area (Å²) in [4.78, 5) is 15.2. The third-order valence-electron chi connectivity index (χ3n) is 3.59. The molecule has 1 atom stereocenters. The topological polar surface area (TPSA) is 62.2 Å². The number of hydrogen-bond acceptors (Lipinski definition) is 4. The second-order valence-corrected chi connectivity index (χ2v) is 6.02. The van der Waals surface area contributed by atoms with Crippen molar-refractivity contribution in [1.82, 2.24) is 10.3 Å². The Morgan fingerprint density at radius 3 is 2.62 bits per heavy atom. The van der Waals surface area contributed by atoms with Crippen molar-refractivity contribution in [2.24, 2.45) is 0 Å². The lowest BCUT2D eigenvalue weighted by Gasteiger charge is -2.15. The highest BCUT2D eigenvalue weighted by molar-refractivity contribution is 7.07. The molecule has 0 spiro atoms. The Morgan fingerprint density at radius 1 is 1.29 bits per heavy atom. The molecule has 0 aliphatic rings. The molecular formula is C16H17F3N2O2S. The van der Waals surface area contributed by atoms with Gasteiger partial charge in [-0.15, -0.1) is 0 Å². The first-order chi connectivity index (χ1) is 11.4. The first-order valence-electron chi connectivity index (χ1n) is 7.36. The Labute approximate surface area is 141 Å². The van der Waals surface area contributed by atoms with E-state index in [1.165, 1.54) is 0 Å². The lowest BCUT2D eigenvalue weighted by atomic mass is 9.95. The zero-order valence-electron chi connectivity index (χ0n) is 12.7. The molecule has 2 N–H and O–H groups in total. The maximum atomic E-state index is 12.4. The number of amides is 1. The van der Waals surface area contributed by atoms with E-state index >= 15 is 0 Å². The van der Waals surface area contributed by atoms with Gasteiger partial charge in [0, 0.05) is 19.3 Å². The van der Waals surface area contributed by atoms with Crippen LogP contribution in [0.4, 0.5) is 13.2 Å². The van der Waals surface area contributed by atoms with Crippen molar-refractivity contribution in [2.45, 2.75) is 24.9 Å². The molecular weight excluding hydrogens is 341 g/mol. The van der Waals surface area contributed by atoms with Gasteiger partial charge in [0.15, 0.2) is 0 Å². The van der Waals surface area contributed by atoms with E-state index in [1.807, 2.05) is 16.8 Å². The summed E-state index contributed by atoms with van der Waals surface area (Å²) in [6.07, 6.45) is -2.37. The van der Waals surface area contributed by atoms with Crippen molar-refractivity contribution in [3.8, 4) is 0 Å². The Balaban J connectivity index is 1.88. The fourth-order valence-electron chi connectivity index (χ4n) is 2.30. The van der Waals surface area contributed by atoms with Gasteiger partial charge in [-0.1, -0.05) is 0 Å². The maximum absolute atomic E-state index is 12.4. The molecule has 0 aliphatic carbocycles. The standard InChI is InChI=1S/C16H17F3N2O2S/c17-16(18,19)14-2-1-12(9-21-14)15(23)20-6-3-11(4-7-22)13-5-8-24-10-13/h1-2,5,8-11,22H,3-4,6-7H2,(H,20,23)/t11-/m0/s1. The predicted octanol–water partition coefficient (Wildman–Crippen LogP) is 3.45. The van der Waals surface area contributed by atoms with Crippen LogP contribution in [0.5, 0.6) is 0 Å². The summed E-state index contributed by atoms with van der Waals surface area (Å²) in [6, 6.07) is 3.87. The predicted molar refractivity (Wildman–Crippen MR) is 85.0 cm³/mol. The van der Waals surface area contributed by atoms with Gasteiger partial charge in [-0.2, -0.15) is 24.5 Å². The first-order valence-corrected chi connectivity index (χ1v) is 8.30. The molecule has 0 radical (unpaired) electrons. The normalized spacial score (nSPS) is 12.8. The van der Waals surface area contributed by atoms with E-state index in [4.69, 9.17) is 5.11 Å². The second kappa shape index (κ2) is 8.25. The average molecular weight is 358 g/mol. The molecule has 4 nitrogen and oxygen atoms in total. The van der Waals surface area contributed by atoms with Gasteiger partial charge in [0.2, 0.25) is 0 Å². The van der Waals surface area contributed by atoms with Crippen LogP contribution in [0.1, 0.15) is 40.4 Å². The van der Waals surface area contributed by atoms with Crippen LogP contribution in [0, 0.1) is 0 Å². The number of rotatable bonds is 7. The lowest BCUT2D eigenvalue weighted by molar-refractivity contribution is -0.141. The van der Waals surface area contributed by atoms with Gasteiger partial charge in [-0.05, 0) is 53.3 Å². The molecule has 0 aromatic carbocycles.